The highest BCUT2D eigenvalue weighted by atomic mass is 16.5. The highest BCUT2D eigenvalue weighted by molar-refractivity contribution is 6.03. The third-order valence-corrected chi connectivity index (χ3v) is 3.47. The fourth-order valence-corrected chi connectivity index (χ4v) is 2.15. The molecular formula is C19H21N3O6. The summed E-state index contributed by atoms with van der Waals surface area (Å²) < 4.78 is 9.93. The van der Waals surface area contributed by atoms with Gasteiger partial charge in [0, 0.05) is 11.7 Å². The minimum Gasteiger partial charge on any atom is -0.459 e. The van der Waals surface area contributed by atoms with Crippen molar-refractivity contribution < 1.29 is 28.3 Å². The predicted octanol–water partition coefficient (Wildman–Crippen LogP) is 2.23. The van der Waals surface area contributed by atoms with E-state index in [1.54, 1.807) is 32.9 Å². The summed E-state index contributed by atoms with van der Waals surface area (Å²) in [5, 5.41) is 7.17. The number of carbonyl (C=O) groups excluding carboxylic acids is 4. The molecule has 0 saturated carbocycles. The van der Waals surface area contributed by atoms with Crippen molar-refractivity contribution in [2.24, 2.45) is 0 Å². The topological polar surface area (TPSA) is 127 Å². The Morgan fingerprint density at radius 2 is 1.89 bits per heavy atom. The highest BCUT2D eigenvalue weighted by Crippen LogP contribution is 2.19. The van der Waals surface area contributed by atoms with Gasteiger partial charge in [-0.25, -0.2) is 9.59 Å². The molecule has 4 amide bonds. The van der Waals surface area contributed by atoms with E-state index in [0.29, 0.717) is 5.69 Å². The number of hydrogen-bond donors (Lipinski definition) is 3. The molecule has 0 unspecified atom stereocenters. The fourth-order valence-electron chi connectivity index (χ4n) is 2.15. The van der Waals surface area contributed by atoms with E-state index >= 15 is 0 Å². The number of furan rings is 1. The number of rotatable bonds is 6. The number of benzene rings is 1. The van der Waals surface area contributed by atoms with Crippen LogP contribution in [0.3, 0.4) is 0 Å². The normalized spacial score (nSPS) is 10.3. The zero-order valence-electron chi connectivity index (χ0n) is 15.7. The van der Waals surface area contributed by atoms with Gasteiger partial charge in [-0.15, -0.1) is 0 Å². The number of imide groups is 1. The molecule has 0 spiro atoms. The molecule has 148 valence electrons. The first-order chi connectivity index (χ1) is 13.3. The molecule has 0 aliphatic heterocycles. The summed E-state index contributed by atoms with van der Waals surface area (Å²) in [6.45, 7) is 4.62. The van der Waals surface area contributed by atoms with Gasteiger partial charge < -0.3 is 19.8 Å². The summed E-state index contributed by atoms with van der Waals surface area (Å²) >= 11 is 0. The Labute approximate surface area is 161 Å². The second-order valence-electron chi connectivity index (χ2n) is 6.21. The Kier molecular flexibility index (Phi) is 6.91. The summed E-state index contributed by atoms with van der Waals surface area (Å²) in [7, 11) is 0. The lowest BCUT2D eigenvalue weighted by Crippen LogP contribution is -2.44. The zero-order chi connectivity index (χ0) is 20.7. The first-order valence-electron chi connectivity index (χ1n) is 8.49. The molecule has 9 heteroatoms. The van der Waals surface area contributed by atoms with Gasteiger partial charge in [0.25, 0.3) is 11.8 Å². The molecule has 0 fully saturated rings. The number of nitrogens with one attached hydrogen (secondary N) is 3. The average molecular weight is 387 g/mol. The van der Waals surface area contributed by atoms with Gasteiger partial charge >= 0.3 is 12.0 Å². The smallest absolute Gasteiger partial charge is 0.338 e. The molecule has 0 saturated heterocycles. The molecule has 3 N–H and O–H groups in total. The van der Waals surface area contributed by atoms with Gasteiger partial charge in [-0.3, -0.25) is 14.9 Å². The van der Waals surface area contributed by atoms with E-state index in [-0.39, 0.29) is 17.4 Å². The van der Waals surface area contributed by atoms with Crippen LogP contribution in [-0.4, -0.2) is 36.5 Å². The van der Waals surface area contributed by atoms with Gasteiger partial charge in [0.15, 0.2) is 12.4 Å². The van der Waals surface area contributed by atoms with Crippen LogP contribution in [0.1, 0.15) is 40.3 Å². The van der Waals surface area contributed by atoms with Gasteiger partial charge in [-0.05, 0) is 50.6 Å². The van der Waals surface area contributed by atoms with Crippen LogP contribution >= 0.6 is 0 Å². The summed E-state index contributed by atoms with van der Waals surface area (Å²) in [6, 6.07) is 6.85. The second kappa shape index (κ2) is 9.36. The fraction of sp³-hybridized carbons (Fsp3) is 0.263. The number of urea groups is 1. The standard InChI is InChI=1S/C19H21N3O6/c1-11(2)20-19(26)22-16(23)10-28-18(25)13-7-6-12(3)14(9-13)21-17(24)15-5-4-8-27-15/h4-9,11H,10H2,1-3H3,(H,21,24)(H2,20,22,23,26). The van der Waals surface area contributed by atoms with Crippen LogP contribution in [0, 0.1) is 6.92 Å². The summed E-state index contributed by atoms with van der Waals surface area (Å²) in [6.07, 6.45) is 1.38. The quantitative estimate of drug-likeness (QED) is 0.653. The third-order valence-electron chi connectivity index (χ3n) is 3.47. The van der Waals surface area contributed by atoms with Crippen molar-refractivity contribution in [1.29, 1.82) is 0 Å². The monoisotopic (exact) mass is 387 g/mol. The molecule has 9 nitrogen and oxygen atoms in total. The zero-order valence-corrected chi connectivity index (χ0v) is 15.7. The number of amides is 4. The Morgan fingerprint density at radius 1 is 1.14 bits per heavy atom. The Hall–Kier alpha value is -3.62. The molecule has 1 aromatic heterocycles. The summed E-state index contributed by atoms with van der Waals surface area (Å²) in [5.74, 6) is -1.87. The lowest BCUT2D eigenvalue weighted by Gasteiger charge is -2.11. The molecule has 2 aromatic rings. The minimum atomic E-state index is -0.770. The number of esters is 1. The lowest BCUT2D eigenvalue weighted by atomic mass is 10.1. The minimum absolute atomic E-state index is 0.128. The van der Waals surface area contributed by atoms with Crippen LogP contribution in [-0.2, 0) is 9.53 Å². The first kappa shape index (κ1) is 20.7. The van der Waals surface area contributed by atoms with Crippen molar-refractivity contribution in [1.82, 2.24) is 10.6 Å². The molecule has 2 rings (SSSR count). The highest BCUT2D eigenvalue weighted by Gasteiger charge is 2.16. The number of hydrogen-bond acceptors (Lipinski definition) is 6. The van der Waals surface area contributed by atoms with E-state index in [1.165, 1.54) is 24.5 Å². The van der Waals surface area contributed by atoms with Gasteiger partial charge in [0.2, 0.25) is 0 Å². The molecule has 0 bridgehead atoms. The maximum absolute atomic E-state index is 12.2. The SMILES string of the molecule is Cc1ccc(C(=O)OCC(=O)NC(=O)NC(C)C)cc1NC(=O)c1ccco1. The maximum atomic E-state index is 12.2. The van der Waals surface area contributed by atoms with E-state index in [9.17, 15) is 19.2 Å². The number of ether oxygens (including phenoxy) is 1. The van der Waals surface area contributed by atoms with Crippen LogP contribution < -0.4 is 16.0 Å². The van der Waals surface area contributed by atoms with Crippen LogP contribution in [0.4, 0.5) is 10.5 Å². The maximum Gasteiger partial charge on any atom is 0.338 e. The summed E-state index contributed by atoms with van der Waals surface area (Å²) in [5.41, 5.74) is 1.26. The molecule has 1 aromatic carbocycles. The number of aryl methyl sites for hydroxylation is 1. The largest absolute Gasteiger partial charge is 0.459 e. The third kappa shape index (κ3) is 5.97. The molecule has 1 heterocycles. The molecule has 28 heavy (non-hydrogen) atoms. The second-order valence-corrected chi connectivity index (χ2v) is 6.21. The molecule has 0 aliphatic carbocycles. The van der Waals surface area contributed by atoms with Crippen molar-refractivity contribution in [2.75, 3.05) is 11.9 Å². The van der Waals surface area contributed by atoms with E-state index in [0.717, 1.165) is 5.56 Å². The van der Waals surface area contributed by atoms with Crippen molar-refractivity contribution in [3.05, 3.63) is 53.5 Å². The Balaban J connectivity index is 1.95. The van der Waals surface area contributed by atoms with Crippen molar-refractivity contribution in [2.45, 2.75) is 26.8 Å². The van der Waals surface area contributed by atoms with Gasteiger partial charge in [0.1, 0.15) is 0 Å². The van der Waals surface area contributed by atoms with Crippen LogP contribution in [0.5, 0.6) is 0 Å². The van der Waals surface area contributed by atoms with Crippen LogP contribution in [0.15, 0.2) is 41.0 Å². The van der Waals surface area contributed by atoms with E-state index < -0.39 is 30.4 Å². The van der Waals surface area contributed by atoms with Gasteiger partial charge in [0.05, 0.1) is 11.8 Å². The van der Waals surface area contributed by atoms with E-state index in [4.69, 9.17) is 9.15 Å². The average Bonchev–Trinajstić information content (AvgIpc) is 3.15. The van der Waals surface area contributed by atoms with Crippen molar-refractivity contribution in [3.63, 3.8) is 0 Å². The van der Waals surface area contributed by atoms with Gasteiger partial charge in [-0.1, -0.05) is 6.07 Å². The number of carbonyl (C=O) groups is 4. The van der Waals surface area contributed by atoms with Crippen LogP contribution in [0.25, 0.3) is 0 Å². The van der Waals surface area contributed by atoms with Crippen molar-refractivity contribution >= 4 is 29.5 Å². The molecule has 0 radical (unpaired) electrons. The summed E-state index contributed by atoms with van der Waals surface area (Å²) in [4.78, 5) is 47.3. The van der Waals surface area contributed by atoms with Gasteiger partial charge in [-0.2, -0.15) is 0 Å². The predicted molar refractivity (Wildman–Crippen MR) is 99.9 cm³/mol. The Bertz CT molecular complexity index is 874. The van der Waals surface area contributed by atoms with Crippen LogP contribution in [0.2, 0.25) is 0 Å². The number of anilines is 1. The molecule has 0 atom stereocenters. The lowest BCUT2D eigenvalue weighted by molar-refractivity contribution is -0.123. The van der Waals surface area contributed by atoms with E-state index in [2.05, 4.69) is 10.6 Å². The van der Waals surface area contributed by atoms with E-state index in [1.807, 2.05) is 5.32 Å². The molecule has 0 aliphatic rings. The van der Waals surface area contributed by atoms with Crippen molar-refractivity contribution in [3.8, 4) is 0 Å². The molecular weight excluding hydrogens is 366 g/mol. The Morgan fingerprint density at radius 3 is 2.54 bits per heavy atom. The first-order valence-corrected chi connectivity index (χ1v) is 8.49.